The monoisotopic (exact) mass is 212 g/mol. The minimum Gasteiger partial charge on any atom is -0.331 e. The molecule has 0 heterocycles. The molecule has 0 saturated heterocycles. The molecule has 88 valence electrons. The first-order valence-electron chi connectivity index (χ1n) is 5.82. The Morgan fingerprint density at radius 2 is 1.60 bits per heavy atom. The van der Waals surface area contributed by atoms with Crippen LogP contribution in [0.5, 0.6) is 0 Å². The normalized spacial score (nSPS) is 11.5. The highest BCUT2D eigenvalue weighted by atomic mass is 16.1. The van der Waals surface area contributed by atoms with Gasteiger partial charge in [0.15, 0.2) is 5.78 Å². The summed E-state index contributed by atoms with van der Waals surface area (Å²) in [7, 11) is 6.64. The molecular formula is C13H26NO+. The van der Waals surface area contributed by atoms with E-state index in [0.29, 0.717) is 12.0 Å². The number of allylic oxidation sites excluding steroid dienone is 1. The minimum absolute atomic E-state index is 0.224. The largest absolute Gasteiger partial charge is 0.331 e. The van der Waals surface area contributed by atoms with Gasteiger partial charge in [0.25, 0.3) is 0 Å². The predicted molar refractivity (Wildman–Crippen MR) is 65.8 cm³/mol. The van der Waals surface area contributed by atoms with E-state index in [1.807, 2.05) is 0 Å². The molecule has 0 aromatic rings. The van der Waals surface area contributed by atoms with Crippen molar-refractivity contribution in [3.05, 3.63) is 12.2 Å². The summed E-state index contributed by atoms with van der Waals surface area (Å²) in [4.78, 5) is 11.2. The second-order valence-electron chi connectivity index (χ2n) is 5.38. The molecule has 0 amide bonds. The standard InChI is InChI=1S/C13H26NO/c1-12(2)13(15)10-8-6-7-9-11-14(3,4)5/h1,6-11H2,2-5H3/q+1. The van der Waals surface area contributed by atoms with Gasteiger partial charge in [0.2, 0.25) is 0 Å². The van der Waals surface area contributed by atoms with Gasteiger partial charge in [-0.15, -0.1) is 0 Å². The quantitative estimate of drug-likeness (QED) is 0.343. The topological polar surface area (TPSA) is 17.1 Å². The maximum absolute atomic E-state index is 11.2. The van der Waals surface area contributed by atoms with Crippen LogP contribution < -0.4 is 0 Å². The van der Waals surface area contributed by atoms with Crippen LogP contribution in [-0.2, 0) is 4.79 Å². The molecule has 0 atom stereocenters. The van der Waals surface area contributed by atoms with E-state index < -0.39 is 0 Å². The van der Waals surface area contributed by atoms with Gasteiger partial charge in [0.05, 0.1) is 27.7 Å². The summed E-state index contributed by atoms with van der Waals surface area (Å²) >= 11 is 0. The molecule has 0 radical (unpaired) electrons. The average Bonchev–Trinajstić information content (AvgIpc) is 2.08. The van der Waals surface area contributed by atoms with Gasteiger partial charge in [-0.25, -0.2) is 0 Å². The van der Waals surface area contributed by atoms with Crippen molar-refractivity contribution >= 4 is 5.78 Å². The third-order valence-corrected chi connectivity index (χ3v) is 2.46. The van der Waals surface area contributed by atoms with Crippen molar-refractivity contribution in [2.24, 2.45) is 0 Å². The number of ketones is 1. The lowest BCUT2D eigenvalue weighted by Crippen LogP contribution is -2.35. The lowest BCUT2D eigenvalue weighted by atomic mass is 10.1. The highest BCUT2D eigenvalue weighted by Gasteiger charge is 2.06. The van der Waals surface area contributed by atoms with E-state index >= 15 is 0 Å². The molecular weight excluding hydrogens is 186 g/mol. The van der Waals surface area contributed by atoms with Crippen molar-refractivity contribution in [1.82, 2.24) is 0 Å². The van der Waals surface area contributed by atoms with Crippen molar-refractivity contribution in [3.63, 3.8) is 0 Å². The van der Waals surface area contributed by atoms with E-state index in [2.05, 4.69) is 27.7 Å². The van der Waals surface area contributed by atoms with Gasteiger partial charge in [-0.2, -0.15) is 0 Å². The van der Waals surface area contributed by atoms with Crippen molar-refractivity contribution in [3.8, 4) is 0 Å². The van der Waals surface area contributed by atoms with Crippen LogP contribution in [0.4, 0.5) is 0 Å². The number of rotatable bonds is 8. The Morgan fingerprint density at radius 1 is 1.07 bits per heavy atom. The molecule has 0 aromatic carbocycles. The molecule has 0 N–H and O–H groups in total. The summed E-state index contributed by atoms with van der Waals surface area (Å²) in [5.74, 6) is 0.224. The predicted octanol–water partition coefficient (Wildman–Crippen LogP) is 2.79. The molecule has 0 aliphatic heterocycles. The number of Topliss-reactive ketones (excluding diaryl/α,β-unsaturated/α-hetero) is 1. The smallest absolute Gasteiger partial charge is 0.157 e. The molecule has 15 heavy (non-hydrogen) atoms. The summed E-state index contributed by atoms with van der Waals surface area (Å²) in [6.45, 7) is 6.66. The molecule has 0 fully saturated rings. The Kier molecular flexibility index (Phi) is 6.50. The van der Waals surface area contributed by atoms with E-state index in [4.69, 9.17) is 0 Å². The average molecular weight is 212 g/mol. The van der Waals surface area contributed by atoms with E-state index in [9.17, 15) is 4.79 Å². The molecule has 0 aliphatic carbocycles. The molecule has 0 unspecified atom stereocenters. The van der Waals surface area contributed by atoms with Crippen LogP contribution in [0.2, 0.25) is 0 Å². The van der Waals surface area contributed by atoms with Gasteiger partial charge in [-0.3, -0.25) is 4.79 Å². The molecule has 0 rings (SSSR count). The van der Waals surface area contributed by atoms with Gasteiger partial charge >= 0.3 is 0 Å². The highest BCUT2D eigenvalue weighted by Crippen LogP contribution is 2.07. The summed E-state index contributed by atoms with van der Waals surface area (Å²) in [6.07, 6.45) is 5.35. The van der Waals surface area contributed by atoms with Gasteiger partial charge in [0.1, 0.15) is 0 Å². The zero-order valence-corrected chi connectivity index (χ0v) is 10.8. The molecule has 0 saturated carbocycles. The van der Waals surface area contributed by atoms with E-state index in [1.165, 1.54) is 25.8 Å². The van der Waals surface area contributed by atoms with Crippen LogP contribution in [0, 0.1) is 0 Å². The fourth-order valence-electron chi connectivity index (χ4n) is 1.44. The van der Waals surface area contributed by atoms with Crippen molar-refractivity contribution < 1.29 is 9.28 Å². The zero-order chi connectivity index (χ0) is 11.9. The van der Waals surface area contributed by atoms with Gasteiger partial charge in [-0.1, -0.05) is 13.0 Å². The fourth-order valence-corrected chi connectivity index (χ4v) is 1.44. The van der Waals surface area contributed by atoms with Crippen LogP contribution in [0.3, 0.4) is 0 Å². The van der Waals surface area contributed by atoms with Crippen molar-refractivity contribution in [2.75, 3.05) is 27.7 Å². The Balaban J connectivity index is 3.33. The van der Waals surface area contributed by atoms with E-state index in [1.54, 1.807) is 6.92 Å². The third kappa shape index (κ3) is 9.67. The Hall–Kier alpha value is -0.630. The number of unbranched alkanes of at least 4 members (excludes halogenated alkanes) is 3. The highest BCUT2D eigenvalue weighted by molar-refractivity contribution is 5.93. The van der Waals surface area contributed by atoms with Gasteiger partial charge in [-0.05, 0) is 31.8 Å². The maximum atomic E-state index is 11.2. The Morgan fingerprint density at radius 3 is 2.07 bits per heavy atom. The summed E-state index contributed by atoms with van der Waals surface area (Å²) in [5, 5.41) is 0. The number of carbonyl (C=O) groups excluding carboxylic acids is 1. The van der Waals surface area contributed by atoms with Crippen molar-refractivity contribution in [2.45, 2.75) is 39.0 Å². The van der Waals surface area contributed by atoms with Gasteiger partial charge < -0.3 is 4.48 Å². The second kappa shape index (κ2) is 6.78. The molecule has 0 aliphatic rings. The zero-order valence-electron chi connectivity index (χ0n) is 10.8. The van der Waals surface area contributed by atoms with Crippen LogP contribution >= 0.6 is 0 Å². The number of nitrogens with zero attached hydrogens (tertiary/aromatic N) is 1. The number of quaternary nitrogens is 1. The Bertz CT molecular complexity index is 213. The summed E-state index contributed by atoms with van der Waals surface area (Å²) in [6, 6.07) is 0. The van der Waals surface area contributed by atoms with Crippen LogP contribution in [0.25, 0.3) is 0 Å². The molecule has 2 nitrogen and oxygen atoms in total. The third-order valence-electron chi connectivity index (χ3n) is 2.46. The van der Waals surface area contributed by atoms with E-state index in [0.717, 1.165) is 10.9 Å². The summed E-state index contributed by atoms with van der Waals surface area (Å²) < 4.78 is 1.03. The second-order valence-corrected chi connectivity index (χ2v) is 5.38. The number of carbonyl (C=O) groups is 1. The SMILES string of the molecule is C=C(C)C(=O)CCCCCC[N+](C)(C)C. The lowest BCUT2D eigenvalue weighted by molar-refractivity contribution is -0.870. The van der Waals surface area contributed by atoms with Crippen LogP contribution in [0.1, 0.15) is 39.0 Å². The van der Waals surface area contributed by atoms with E-state index in [-0.39, 0.29) is 5.78 Å². The number of hydrogen-bond donors (Lipinski definition) is 0. The molecule has 0 bridgehead atoms. The van der Waals surface area contributed by atoms with Crippen LogP contribution in [-0.4, -0.2) is 38.0 Å². The van der Waals surface area contributed by atoms with Gasteiger partial charge in [0, 0.05) is 6.42 Å². The Labute approximate surface area is 94.6 Å². The first-order valence-corrected chi connectivity index (χ1v) is 5.82. The molecule has 0 spiro atoms. The van der Waals surface area contributed by atoms with Crippen LogP contribution in [0.15, 0.2) is 12.2 Å². The first kappa shape index (κ1) is 14.4. The fraction of sp³-hybridized carbons (Fsp3) is 0.769. The number of hydrogen-bond acceptors (Lipinski definition) is 1. The minimum atomic E-state index is 0.224. The molecule has 2 heteroatoms. The summed E-state index contributed by atoms with van der Waals surface area (Å²) in [5.41, 5.74) is 0.696. The lowest BCUT2D eigenvalue weighted by Gasteiger charge is -2.23. The maximum Gasteiger partial charge on any atom is 0.157 e. The first-order chi connectivity index (χ1) is 6.83. The van der Waals surface area contributed by atoms with Crippen molar-refractivity contribution in [1.29, 1.82) is 0 Å². The molecule has 0 aromatic heterocycles.